The average Bonchev–Trinajstić information content (AvgIpc) is 3.24. The second-order valence-corrected chi connectivity index (χ2v) is 8.51. The van der Waals surface area contributed by atoms with Crippen molar-refractivity contribution in [2.75, 3.05) is 25.0 Å². The molecule has 4 heterocycles. The SMILES string of the molecule is CN1CCc2nnc(N3CCCC3c3nc4ccccc4c(=O)n3CC(F)(F)F)cc2C1. The molecule has 10 heteroatoms. The van der Waals surface area contributed by atoms with Crippen LogP contribution in [0.5, 0.6) is 0 Å². The van der Waals surface area contributed by atoms with Crippen molar-refractivity contribution in [2.45, 2.75) is 44.6 Å². The molecule has 0 radical (unpaired) electrons. The Morgan fingerprint density at radius 3 is 2.78 bits per heavy atom. The smallest absolute Gasteiger partial charge is 0.345 e. The summed E-state index contributed by atoms with van der Waals surface area (Å²) in [7, 11) is 2.04. The van der Waals surface area contributed by atoms with Gasteiger partial charge >= 0.3 is 6.18 Å². The first-order chi connectivity index (χ1) is 15.3. The van der Waals surface area contributed by atoms with Gasteiger partial charge in [0.1, 0.15) is 12.4 Å². The van der Waals surface area contributed by atoms with Crippen LogP contribution in [0, 0.1) is 0 Å². The lowest BCUT2D eigenvalue weighted by molar-refractivity contribution is -0.141. The van der Waals surface area contributed by atoms with Crippen LogP contribution in [0.3, 0.4) is 0 Å². The zero-order valence-corrected chi connectivity index (χ0v) is 17.6. The molecule has 1 saturated heterocycles. The van der Waals surface area contributed by atoms with E-state index in [1.165, 1.54) is 6.07 Å². The highest BCUT2D eigenvalue weighted by molar-refractivity contribution is 5.77. The van der Waals surface area contributed by atoms with Gasteiger partial charge in [-0.25, -0.2) is 4.98 Å². The molecule has 2 aliphatic heterocycles. The normalized spacial score (nSPS) is 19.5. The highest BCUT2D eigenvalue weighted by Crippen LogP contribution is 2.36. The number of hydrogen-bond acceptors (Lipinski definition) is 6. The monoisotopic (exact) mass is 444 g/mol. The molecule has 0 bridgehead atoms. The second-order valence-electron chi connectivity index (χ2n) is 8.51. The first kappa shape index (κ1) is 20.9. The molecule has 7 nitrogen and oxygen atoms in total. The fourth-order valence-corrected chi connectivity index (χ4v) is 4.68. The predicted molar refractivity (Wildman–Crippen MR) is 113 cm³/mol. The van der Waals surface area contributed by atoms with Gasteiger partial charge in [-0.1, -0.05) is 12.1 Å². The first-order valence-electron chi connectivity index (χ1n) is 10.7. The van der Waals surface area contributed by atoms with Crippen LogP contribution in [0.2, 0.25) is 0 Å². The summed E-state index contributed by atoms with van der Waals surface area (Å²) >= 11 is 0. The number of hydrogen-bond donors (Lipinski definition) is 0. The maximum absolute atomic E-state index is 13.4. The Morgan fingerprint density at radius 1 is 1.16 bits per heavy atom. The van der Waals surface area contributed by atoms with Crippen molar-refractivity contribution in [1.29, 1.82) is 0 Å². The summed E-state index contributed by atoms with van der Waals surface area (Å²) in [5.41, 5.74) is 1.76. The predicted octanol–water partition coefficient (Wildman–Crippen LogP) is 3.08. The van der Waals surface area contributed by atoms with Crippen molar-refractivity contribution >= 4 is 16.7 Å². The average molecular weight is 444 g/mol. The van der Waals surface area contributed by atoms with Gasteiger partial charge in [-0.15, -0.1) is 5.10 Å². The summed E-state index contributed by atoms with van der Waals surface area (Å²) in [6, 6.07) is 8.02. The minimum absolute atomic E-state index is 0.125. The van der Waals surface area contributed by atoms with E-state index in [2.05, 4.69) is 20.1 Å². The number of nitrogens with zero attached hydrogens (tertiary/aromatic N) is 6. The molecule has 32 heavy (non-hydrogen) atoms. The van der Waals surface area contributed by atoms with Crippen molar-refractivity contribution in [3.63, 3.8) is 0 Å². The number of benzene rings is 1. The number of alkyl halides is 3. The van der Waals surface area contributed by atoms with Crippen molar-refractivity contribution in [2.24, 2.45) is 0 Å². The third-order valence-electron chi connectivity index (χ3n) is 6.19. The molecule has 1 fully saturated rings. The van der Waals surface area contributed by atoms with Gasteiger partial charge in [0.15, 0.2) is 5.82 Å². The molecular weight excluding hydrogens is 421 g/mol. The summed E-state index contributed by atoms with van der Waals surface area (Å²) in [5, 5.41) is 8.95. The van der Waals surface area contributed by atoms with Crippen molar-refractivity contribution in [3.05, 3.63) is 57.8 Å². The summed E-state index contributed by atoms with van der Waals surface area (Å²) in [4.78, 5) is 21.7. The Balaban J connectivity index is 1.60. The third-order valence-corrected chi connectivity index (χ3v) is 6.19. The molecular formula is C22H23F3N6O. The molecule has 5 rings (SSSR count). The quantitative estimate of drug-likeness (QED) is 0.619. The minimum atomic E-state index is -4.54. The number of para-hydroxylation sites is 1. The standard InChI is InChI=1S/C22H23F3N6O/c1-29-10-8-16-14(12-29)11-19(28-27-16)30-9-4-7-18(30)20-26-17-6-3-2-5-15(17)21(32)31(20)13-22(23,24)25/h2-3,5-6,11,18H,4,7-10,12-13H2,1H3. The number of likely N-dealkylation sites (N-methyl/N-ethyl adjacent to an activating group) is 1. The molecule has 2 aliphatic rings. The molecule has 168 valence electrons. The van der Waals surface area contributed by atoms with E-state index in [1.807, 2.05) is 18.0 Å². The van der Waals surface area contributed by atoms with Crippen LogP contribution in [0.4, 0.5) is 19.0 Å². The van der Waals surface area contributed by atoms with Crippen LogP contribution in [0.15, 0.2) is 35.1 Å². The van der Waals surface area contributed by atoms with E-state index in [0.29, 0.717) is 24.3 Å². The van der Waals surface area contributed by atoms with Gasteiger partial charge in [0, 0.05) is 26.1 Å². The van der Waals surface area contributed by atoms with E-state index in [1.54, 1.807) is 18.2 Å². The Bertz CT molecular complexity index is 1220. The van der Waals surface area contributed by atoms with Crippen molar-refractivity contribution in [1.82, 2.24) is 24.6 Å². The van der Waals surface area contributed by atoms with Gasteiger partial charge in [-0.3, -0.25) is 9.36 Å². The van der Waals surface area contributed by atoms with Crippen LogP contribution >= 0.6 is 0 Å². The summed E-state index contributed by atoms with van der Waals surface area (Å²) in [5.74, 6) is 0.739. The molecule has 1 aromatic carbocycles. The number of fused-ring (bicyclic) bond motifs is 2. The molecule has 2 aromatic heterocycles. The van der Waals surface area contributed by atoms with Crippen LogP contribution in [-0.4, -0.2) is 51.0 Å². The Hall–Kier alpha value is -3.01. The maximum Gasteiger partial charge on any atom is 0.406 e. The molecule has 0 saturated carbocycles. The van der Waals surface area contributed by atoms with Gasteiger partial charge in [-0.2, -0.15) is 18.3 Å². The number of aromatic nitrogens is 4. The molecule has 3 aromatic rings. The Labute approximate surface area is 182 Å². The highest BCUT2D eigenvalue weighted by atomic mass is 19.4. The fraction of sp³-hybridized carbons (Fsp3) is 0.455. The fourth-order valence-electron chi connectivity index (χ4n) is 4.68. The van der Waals surface area contributed by atoms with Gasteiger partial charge in [0.2, 0.25) is 0 Å². The lowest BCUT2D eigenvalue weighted by Crippen LogP contribution is -2.36. The van der Waals surface area contributed by atoms with E-state index in [-0.39, 0.29) is 11.2 Å². The molecule has 0 aliphatic carbocycles. The molecule has 1 atom stereocenters. The van der Waals surface area contributed by atoms with Crippen LogP contribution in [-0.2, 0) is 19.5 Å². The van der Waals surface area contributed by atoms with Gasteiger partial charge in [0.05, 0.1) is 22.6 Å². The van der Waals surface area contributed by atoms with Gasteiger partial charge < -0.3 is 9.80 Å². The highest BCUT2D eigenvalue weighted by Gasteiger charge is 2.36. The summed E-state index contributed by atoms with van der Waals surface area (Å²) in [6.45, 7) is 0.911. The number of rotatable bonds is 3. The topological polar surface area (TPSA) is 67.2 Å². The molecule has 0 amide bonds. The zero-order valence-electron chi connectivity index (χ0n) is 17.6. The van der Waals surface area contributed by atoms with Gasteiger partial charge in [-0.05, 0) is 43.7 Å². The lowest BCUT2D eigenvalue weighted by Gasteiger charge is -2.29. The minimum Gasteiger partial charge on any atom is -0.345 e. The Morgan fingerprint density at radius 2 is 1.97 bits per heavy atom. The maximum atomic E-state index is 13.4. The Kier molecular flexibility index (Phi) is 5.11. The molecule has 0 N–H and O–H groups in total. The van der Waals surface area contributed by atoms with E-state index in [9.17, 15) is 18.0 Å². The van der Waals surface area contributed by atoms with E-state index in [0.717, 1.165) is 41.8 Å². The molecule has 0 spiro atoms. The van der Waals surface area contributed by atoms with E-state index >= 15 is 0 Å². The first-order valence-corrected chi connectivity index (χ1v) is 10.7. The lowest BCUT2D eigenvalue weighted by atomic mass is 10.1. The van der Waals surface area contributed by atoms with Gasteiger partial charge in [0.25, 0.3) is 5.56 Å². The van der Waals surface area contributed by atoms with E-state index in [4.69, 9.17) is 0 Å². The molecule has 1 unspecified atom stereocenters. The number of halogens is 3. The summed E-state index contributed by atoms with van der Waals surface area (Å²) < 4.78 is 41.0. The van der Waals surface area contributed by atoms with E-state index < -0.39 is 24.3 Å². The van der Waals surface area contributed by atoms with Crippen molar-refractivity contribution in [3.8, 4) is 0 Å². The van der Waals surface area contributed by atoms with Crippen LogP contribution in [0.1, 0.15) is 36.0 Å². The van der Waals surface area contributed by atoms with Crippen LogP contribution < -0.4 is 10.5 Å². The van der Waals surface area contributed by atoms with Crippen LogP contribution in [0.25, 0.3) is 10.9 Å². The zero-order chi connectivity index (χ0) is 22.5. The summed E-state index contributed by atoms with van der Waals surface area (Å²) in [6.07, 6.45) is -2.37. The number of anilines is 1. The largest absolute Gasteiger partial charge is 0.406 e. The van der Waals surface area contributed by atoms with Crippen molar-refractivity contribution < 1.29 is 13.2 Å². The third kappa shape index (κ3) is 3.83. The second kappa shape index (κ2) is 7.84.